The number of aliphatic hydroxyl groups is 1. The van der Waals surface area contributed by atoms with Crippen molar-refractivity contribution < 1.29 is 5.11 Å². The van der Waals surface area contributed by atoms with Crippen molar-refractivity contribution in [3.05, 3.63) is 35.4 Å². The standard InChI is InChI=1S/C14H19NO/c1-13(15)11-4-2-3-5-12(11)14(13)8-6-10(16)7-9-14/h2-5,10,16H,6-9,15H2,1H3/t10-,13?,14+. The van der Waals surface area contributed by atoms with Gasteiger partial charge in [0.05, 0.1) is 6.10 Å². The molecule has 2 nitrogen and oxygen atoms in total. The Morgan fingerprint density at radius 3 is 2.38 bits per heavy atom. The number of hydrogen-bond donors (Lipinski definition) is 2. The summed E-state index contributed by atoms with van der Waals surface area (Å²) < 4.78 is 0. The van der Waals surface area contributed by atoms with Crippen molar-refractivity contribution in [2.75, 3.05) is 0 Å². The fraction of sp³-hybridized carbons (Fsp3) is 0.571. The second-order valence-electron chi connectivity index (χ2n) is 5.56. The minimum atomic E-state index is -0.205. The van der Waals surface area contributed by atoms with Gasteiger partial charge in [0.25, 0.3) is 0 Å². The van der Waals surface area contributed by atoms with E-state index in [1.165, 1.54) is 11.1 Å². The third-order valence-corrected chi connectivity index (χ3v) is 4.80. The smallest absolute Gasteiger partial charge is 0.0541 e. The molecule has 1 unspecified atom stereocenters. The molecule has 2 aliphatic carbocycles. The quantitative estimate of drug-likeness (QED) is 0.698. The zero-order valence-electron chi connectivity index (χ0n) is 9.74. The van der Waals surface area contributed by atoms with Crippen molar-refractivity contribution >= 4 is 0 Å². The van der Waals surface area contributed by atoms with E-state index in [1.54, 1.807) is 0 Å². The highest BCUT2D eigenvalue weighted by Gasteiger charge is 2.58. The van der Waals surface area contributed by atoms with Gasteiger partial charge in [-0.15, -0.1) is 0 Å². The van der Waals surface area contributed by atoms with Crippen molar-refractivity contribution in [1.29, 1.82) is 0 Å². The minimum Gasteiger partial charge on any atom is -0.393 e. The molecule has 1 fully saturated rings. The van der Waals surface area contributed by atoms with E-state index in [4.69, 9.17) is 5.73 Å². The van der Waals surface area contributed by atoms with E-state index in [1.807, 2.05) is 0 Å². The Kier molecular flexibility index (Phi) is 1.99. The lowest BCUT2D eigenvalue weighted by Crippen LogP contribution is -2.63. The molecule has 16 heavy (non-hydrogen) atoms. The van der Waals surface area contributed by atoms with Crippen LogP contribution in [0.15, 0.2) is 24.3 Å². The average Bonchev–Trinajstić information content (AvgIpc) is 2.30. The molecule has 3 N–H and O–H groups in total. The third-order valence-electron chi connectivity index (χ3n) is 4.80. The summed E-state index contributed by atoms with van der Waals surface area (Å²) >= 11 is 0. The van der Waals surface area contributed by atoms with E-state index in [-0.39, 0.29) is 17.1 Å². The van der Waals surface area contributed by atoms with Crippen LogP contribution in [0.3, 0.4) is 0 Å². The summed E-state index contributed by atoms with van der Waals surface area (Å²) in [6.45, 7) is 2.15. The van der Waals surface area contributed by atoms with E-state index in [9.17, 15) is 5.11 Å². The van der Waals surface area contributed by atoms with Gasteiger partial charge in [0, 0.05) is 11.0 Å². The summed E-state index contributed by atoms with van der Waals surface area (Å²) in [5.74, 6) is 0. The third kappa shape index (κ3) is 1.04. The topological polar surface area (TPSA) is 46.2 Å². The van der Waals surface area contributed by atoms with Gasteiger partial charge in [-0.05, 0) is 43.7 Å². The molecule has 3 rings (SSSR count). The summed E-state index contributed by atoms with van der Waals surface area (Å²) in [6, 6.07) is 8.52. The van der Waals surface area contributed by atoms with Gasteiger partial charge >= 0.3 is 0 Å². The van der Waals surface area contributed by atoms with Crippen molar-refractivity contribution in [2.24, 2.45) is 5.73 Å². The Hall–Kier alpha value is -0.860. The van der Waals surface area contributed by atoms with Crippen LogP contribution >= 0.6 is 0 Å². The molecule has 1 saturated carbocycles. The Labute approximate surface area is 96.5 Å². The van der Waals surface area contributed by atoms with Gasteiger partial charge < -0.3 is 10.8 Å². The molecule has 0 aliphatic heterocycles. The second kappa shape index (κ2) is 3.08. The molecule has 0 aromatic heterocycles. The number of nitrogens with two attached hydrogens (primary N) is 1. The first-order valence-corrected chi connectivity index (χ1v) is 6.15. The lowest BCUT2D eigenvalue weighted by molar-refractivity contribution is 0.0441. The van der Waals surface area contributed by atoms with Crippen LogP contribution in [-0.2, 0) is 11.0 Å². The Morgan fingerprint density at radius 1 is 1.19 bits per heavy atom. The van der Waals surface area contributed by atoms with Crippen LogP contribution in [0, 0.1) is 0 Å². The summed E-state index contributed by atoms with van der Waals surface area (Å²) in [5.41, 5.74) is 9.15. The Bertz CT molecular complexity index is 416. The molecule has 0 heterocycles. The predicted molar refractivity (Wildman–Crippen MR) is 64.1 cm³/mol. The molecule has 0 amide bonds. The lowest BCUT2D eigenvalue weighted by atomic mass is 9.47. The first kappa shape index (κ1) is 10.3. The zero-order valence-corrected chi connectivity index (χ0v) is 9.74. The van der Waals surface area contributed by atoms with Gasteiger partial charge in [0.2, 0.25) is 0 Å². The van der Waals surface area contributed by atoms with E-state index in [0.717, 1.165) is 25.7 Å². The summed E-state index contributed by atoms with van der Waals surface area (Å²) in [6.07, 6.45) is 3.72. The fourth-order valence-electron chi connectivity index (χ4n) is 3.71. The van der Waals surface area contributed by atoms with E-state index < -0.39 is 0 Å². The van der Waals surface area contributed by atoms with Crippen LogP contribution in [0.2, 0.25) is 0 Å². The van der Waals surface area contributed by atoms with Crippen molar-refractivity contribution in [1.82, 2.24) is 0 Å². The molecule has 1 spiro atoms. The number of hydrogen-bond acceptors (Lipinski definition) is 2. The number of rotatable bonds is 0. The van der Waals surface area contributed by atoms with Gasteiger partial charge in [-0.25, -0.2) is 0 Å². The highest BCUT2D eigenvalue weighted by molar-refractivity contribution is 5.53. The van der Waals surface area contributed by atoms with E-state index in [2.05, 4.69) is 31.2 Å². The summed E-state index contributed by atoms with van der Waals surface area (Å²) in [4.78, 5) is 0. The van der Waals surface area contributed by atoms with Gasteiger partial charge in [-0.3, -0.25) is 0 Å². The molecule has 0 bridgehead atoms. The Morgan fingerprint density at radius 2 is 1.75 bits per heavy atom. The van der Waals surface area contributed by atoms with Gasteiger partial charge in [0.15, 0.2) is 0 Å². The van der Waals surface area contributed by atoms with E-state index >= 15 is 0 Å². The van der Waals surface area contributed by atoms with Crippen molar-refractivity contribution in [3.8, 4) is 0 Å². The lowest BCUT2D eigenvalue weighted by Gasteiger charge is -2.59. The zero-order chi connectivity index (χ0) is 11.4. The van der Waals surface area contributed by atoms with Crippen LogP contribution in [0.4, 0.5) is 0 Å². The van der Waals surface area contributed by atoms with Gasteiger partial charge in [-0.1, -0.05) is 24.3 Å². The van der Waals surface area contributed by atoms with Crippen molar-refractivity contribution in [3.63, 3.8) is 0 Å². The number of fused-ring (bicyclic) bond motifs is 2. The van der Waals surface area contributed by atoms with Crippen LogP contribution in [0.5, 0.6) is 0 Å². The van der Waals surface area contributed by atoms with Crippen LogP contribution in [0.25, 0.3) is 0 Å². The summed E-state index contributed by atoms with van der Waals surface area (Å²) in [7, 11) is 0. The first-order valence-electron chi connectivity index (χ1n) is 6.15. The molecule has 1 aromatic rings. The predicted octanol–water partition coefficient (Wildman–Crippen LogP) is 2.05. The highest BCUT2D eigenvalue weighted by atomic mass is 16.3. The maximum absolute atomic E-state index is 9.64. The van der Waals surface area contributed by atoms with Crippen LogP contribution in [0.1, 0.15) is 43.7 Å². The van der Waals surface area contributed by atoms with Gasteiger partial charge in [-0.2, -0.15) is 0 Å². The molecular weight excluding hydrogens is 198 g/mol. The molecule has 1 aromatic carbocycles. The molecule has 0 radical (unpaired) electrons. The highest BCUT2D eigenvalue weighted by Crippen LogP contribution is 2.59. The summed E-state index contributed by atoms with van der Waals surface area (Å²) in [5, 5.41) is 9.64. The molecule has 0 saturated heterocycles. The molecular formula is C14H19NO. The first-order chi connectivity index (χ1) is 7.58. The Balaban J connectivity index is 2.04. The molecule has 86 valence electrons. The largest absolute Gasteiger partial charge is 0.393 e. The minimum absolute atomic E-state index is 0.116. The van der Waals surface area contributed by atoms with Gasteiger partial charge in [0.1, 0.15) is 0 Å². The number of benzene rings is 1. The molecule has 1 atom stereocenters. The van der Waals surface area contributed by atoms with Crippen LogP contribution in [-0.4, -0.2) is 11.2 Å². The van der Waals surface area contributed by atoms with Crippen LogP contribution < -0.4 is 5.73 Å². The number of aliphatic hydroxyl groups excluding tert-OH is 1. The SMILES string of the molecule is CC1(N)c2ccccc2[C@]12CC[C@H](O)CC2. The maximum atomic E-state index is 9.64. The molecule has 2 aliphatic rings. The molecule has 2 heteroatoms. The monoisotopic (exact) mass is 217 g/mol. The maximum Gasteiger partial charge on any atom is 0.0541 e. The average molecular weight is 217 g/mol. The van der Waals surface area contributed by atoms with E-state index in [0.29, 0.717) is 0 Å². The second-order valence-corrected chi connectivity index (χ2v) is 5.56. The van der Waals surface area contributed by atoms with Crippen molar-refractivity contribution in [2.45, 2.75) is 49.7 Å². The normalized spacial score (nSPS) is 41.6. The fourth-order valence-corrected chi connectivity index (χ4v) is 3.71.